The zero-order valence-corrected chi connectivity index (χ0v) is 15.2. The molecule has 4 N–H and O–H groups in total. The van der Waals surface area contributed by atoms with Gasteiger partial charge in [0.2, 0.25) is 5.91 Å². The highest BCUT2D eigenvalue weighted by molar-refractivity contribution is 8.17. The van der Waals surface area contributed by atoms with E-state index >= 15 is 0 Å². The molecule has 1 rings (SSSR count). The predicted octanol–water partition coefficient (Wildman–Crippen LogP) is 1.56. The lowest BCUT2D eigenvalue weighted by Crippen LogP contribution is -2.25. The summed E-state index contributed by atoms with van der Waals surface area (Å²) in [4.78, 5) is 32.9. The average Bonchev–Trinajstić information content (AvgIpc) is 2.52. The first-order valence-electron chi connectivity index (χ1n) is 7.64. The fraction of sp³-hybridized carbons (Fsp3) is 0.500. The Kier molecular flexibility index (Phi) is 7.87. The van der Waals surface area contributed by atoms with E-state index in [-0.39, 0.29) is 36.5 Å². The number of hydrogen-bond donors (Lipinski definition) is 3. The molecule has 1 heterocycles. The van der Waals surface area contributed by atoms with Crippen LogP contribution in [0, 0.1) is 12.8 Å². The number of nitrogen functional groups attached to an aromatic ring is 1. The highest BCUT2D eigenvalue weighted by Crippen LogP contribution is 2.27. The maximum absolute atomic E-state index is 12.3. The molecule has 1 amide bonds. The maximum atomic E-state index is 12.3. The van der Waals surface area contributed by atoms with E-state index in [4.69, 9.17) is 10.8 Å². The van der Waals surface area contributed by atoms with E-state index in [1.165, 1.54) is 0 Å². The predicted molar refractivity (Wildman–Crippen MR) is 94.9 cm³/mol. The number of carbonyl (C=O) groups is 2. The van der Waals surface area contributed by atoms with Crippen molar-refractivity contribution < 1.29 is 14.7 Å². The Morgan fingerprint density at radius 3 is 2.62 bits per heavy atom. The van der Waals surface area contributed by atoms with Crippen molar-refractivity contribution in [3.63, 3.8) is 0 Å². The summed E-state index contributed by atoms with van der Waals surface area (Å²) in [5.74, 6) is 0.420. The van der Waals surface area contributed by atoms with Gasteiger partial charge in [0.25, 0.3) is 0 Å². The summed E-state index contributed by atoms with van der Waals surface area (Å²) in [6, 6.07) is 0. The second-order valence-electron chi connectivity index (χ2n) is 5.61. The van der Waals surface area contributed by atoms with Crippen LogP contribution < -0.4 is 11.1 Å². The fourth-order valence-electron chi connectivity index (χ4n) is 1.74. The third kappa shape index (κ3) is 5.93. The molecule has 0 aromatic carbocycles. The summed E-state index contributed by atoms with van der Waals surface area (Å²) in [6.45, 7) is 7.02. The molecule has 1 aromatic heterocycles. The van der Waals surface area contributed by atoms with Gasteiger partial charge in [0.05, 0.1) is 0 Å². The minimum absolute atomic E-state index is 0.0400. The van der Waals surface area contributed by atoms with E-state index in [0.29, 0.717) is 27.7 Å². The molecule has 1 aromatic rings. The van der Waals surface area contributed by atoms with Crippen LogP contribution >= 0.6 is 11.8 Å². The summed E-state index contributed by atoms with van der Waals surface area (Å²) in [6.07, 6.45) is 1.83. The number of amides is 1. The third-order valence-electron chi connectivity index (χ3n) is 3.25. The number of carbonyl (C=O) groups excluding carboxylic acids is 2. The highest BCUT2D eigenvalue weighted by Gasteiger charge is 2.17. The number of rotatable bonds is 7. The van der Waals surface area contributed by atoms with Crippen molar-refractivity contribution in [1.82, 2.24) is 15.3 Å². The van der Waals surface area contributed by atoms with Crippen LogP contribution in [0.5, 0.6) is 0 Å². The first kappa shape index (κ1) is 20.1. The summed E-state index contributed by atoms with van der Waals surface area (Å²) in [7, 11) is 0. The van der Waals surface area contributed by atoms with Crippen LogP contribution in [0.2, 0.25) is 0 Å². The molecule has 0 saturated carbocycles. The number of aliphatic hydroxyl groups is 1. The second-order valence-corrected chi connectivity index (χ2v) is 6.71. The van der Waals surface area contributed by atoms with Gasteiger partial charge >= 0.3 is 0 Å². The highest BCUT2D eigenvalue weighted by atomic mass is 32.2. The summed E-state index contributed by atoms with van der Waals surface area (Å²) < 4.78 is 0. The monoisotopic (exact) mass is 352 g/mol. The molecule has 0 saturated heterocycles. The van der Waals surface area contributed by atoms with Crippen molar-refractivity contribution in [3.05, 3.63) is 28.1 Å². The molecular formula is C16H24N4O3S. The smallest absolute Gasteiger partial charge is 0.247 e. The molecule has 0 radical (unpaired) electrons. The van der Waals surface area contributed by atoms with E-state index in [9.17, 15) is 9.59 Å². The van der Waals surface area contributed by atoms with Crippen molar-refractivity contribution >= 4 is 28.6 Å². The number of nitrogens with one attached hydrogen (secondary N) is 1. The van der Waals surface area contributed by atoms with Crippen LogP contribution in [0.3, 0.4) is 0 Å². The van der Waals surface area contributed by atoms with Crippen LogP contribution in [-0.4, -0.2) is 32.7 Å². The Labute approximate surface area is 146 Å². The number of anilines is 1. The molecule has 132 valence electrons. The Morgan fingerprint density at radius 2 is 2.08 bits per heavy atom. The molecule has 0 bridgehead atoms. The minimum atomic E-state index is -0.317. The van der Waals surface area contributed by atoms with Gasteiger partial charge in [0.15, 0.2) is 5.12 Å². The summed E-state index contributed by atoms with van der Waals surface area (Å²) in [5.41, 5.74) is 6.83. The molecule has 0 unspecified atom stereocenters. The molecule has 0 spiro atoms. The summed E-state index contributed by atoms with van der Waals surface area (Å²) >= 11 is 1.01. The molecule has 8 heteroatoms. The number of thioether (sulfide) groups is 1. The van der Waals surface area contributed by atoms with Gasteiger partial charge in [-0.15, -0.1) is 0 Å². The van der Waals surface area contributed by atoms with Gasteiger partial charge < -0.3 is 16.2 Å². The van der Waals surface area contributed by atoms with Crippen molar-refractivity contribution in [3.8, 4) is 0 Å². The quantitative estimate of drug-likeness (QED) is 0.637. The van der Waals surface area contributed by atoms with E-state index < -0.39 is 0 Å². The summed E-state index contributed by atoms with van der Waals surface area (Å²) in [5, 5.41) is 11.9. The van der Waals surface area contributed by atoms with Gasteiger partial charge in [-0.3, -0.25) is 9.59 Å². The number of hydrogen-bond acceptors (Lipinski definition) is 7. The van der Waals surface area contributed by atoms with Gasteiger partial charge in [-0.05, 0) is 13.8 Å². The van der Waals surface area contributed by atoms with Crippen LogP contribution in [-0.2, 0) is 16.1 Å². The first-order chi connectivity index (χ1) is 11.3. The molecule has 0 atom stereocenters. The van der Waals surface area contributed by atoms with E-state index in [1.807, 2.05) is 0 Å². The van der Waals surface area contributed by atoms with Crippen LogP contribution in [0.4, 0.5) is 5.82 Å². The number of aliphatic hydroxyl groups excluding tert-OH is 1. The largest absolute Gasteiger partial charge is 0.396 e. The lowest BCUT2D eigenvalue weighted by Gasteiger charge is -2.12. The van der Waals surface area contributed by atoms with Crippen molar-refractivity contribution in [1.29, 1.82) is 0 Å². The molecule has 0 fully saturated rings. The van der Waals surface area contributed by atoms with Crippen molar-refractivity contribution in [2.24, 2.45) is 5.92 Å². The Hall–Kier alpha value is -1.93. The van der Waals surface area contributed by atoms with Gasteiger partial charge in [-0.1, -0.05) is 25.6 Å². The maximum Gasteiger partial charge on any atom is 0.247 e. The first-order valence-corrected chi connectivity index (χ1v) is 8.46. The van der Waals surface area contributed by atoms with Crippen LogP contribution in [0.1, 0.15) is 38.6 Å². The Balaban J connectivity index is 2.82. The zero-order chi connectivity index (χ0) is 18.3. The van der Waals surface area contributed by atoms with Gasteiger partial charge in [-0.2, -0.15) is 0 Å². The number of nitrogens with two attached hydrogens (primary N) is 1. The number of aromatic nitrogens is 2. The van der Waals surface area contributed by atoms with Crippen LogP contribution in [0.15, 0.2) is 16.7 Å². The van der Waals surface area contributed by atoms with Crippen molar-refractivity contribution in [2.45, 2.75) is 40.7 Å². The molecular weight excluding hydrogens is 328 g/mol. The standard InChI is InChI=1S/C16H24N4O3S/c1-9(2)16(23)24-13(5-6-21)10(3)15(22)19-8-12-7-18-11(4)20-14(12)17/h7,9,21H,5-6,8H2,1-4H3,(H,19,22)(H2,17,18,20)/b13-10-. The fourth-order valence-corrected chi connectivity index (χ4v) is 2.66. The van der Waals surface area contributed by atoms with Crippen LogP contribution in [0.25, 0.3) is 0 Å². The lowest BCUT2D eigenvalue weighted by molar-refractivity contribution is -0.117. The van der Waals surface area contributed by atoms with Gasteiger partial charge in [0.1, 0.15) is 11.6 Å². The molecule has 7 nitrogen and oxygen atoms in total. The number of nitrogens with zero attached hydrogens (tertiary/aromatic N) is 2. The van der Waals surface area contributed by atoms with Gasteiger partial charge in [-0.25, -0.2) is 9.97 Å². The van der Waals surface area contributed by atoms with E-state index in [1.54, 1.807) is 33.9 Å². The molecule has 0 aliphatic carbocycles. The van der Waals surface area contributed by atoms with Crippen molar-refractivity contribution in [2.75, 3.05) is 12.3 Å². The normalized spacial score (nSPS) is 12.1. The van der Waals surface area contributed by atoms with Gasteiger partial charge in [0, 0.05) is 47.7 Å². The third-order valence-corrected chi connectivity index (χ3v) is 4.68. The zero-order valence-electron chi connectivity index (χ0n) is 14.4. The average molecular weight is 352 g/mol. The minimum Gasteiger partial charge on any atom is -0.396 e. The SMILES string of the molecule is C/C(C(=O)NCc1cnc(C)nc1N)=C(\CCO)SC(=O)C(C)C. The van der Waals surface area contributed by atoms with E-state index in [0.717, 1.165) is 11.8 Å². The number of aryl methyl sites for hydroxylation is 1. The lowest BCUT2D eigenvalue weighted by atomic mass is 10.2. The molecule has 0 aliphatic rings. The van der Waals surface area contributed by atoms with E-state index in [2.05, 4.69) is 15.3 Å². The molecule has 24 heavy (non-hydrogen) atoms. The topological polar surface area (TPSA) is 118 Å². The molecule has 0 aliphatic heterocycles. The second kappa shape index (κ2) is 9.39. The Bertz CT molecular complexity index is 644. The Morgan fingerprint density at radius 1 is 1.42 bits per heavy atom.